The van der Waals surface area contributed by atoms with E-state index in [0.717, 1.165) is 26.2 Å². The number of hydrogen-bond acceptors (Lipinski definition) is 3. The molecular formula is C8H14N2O. The Morgan fingerprint density at radius 3 is 2.64 bits per heavy atom. The number of rotatable bonds is 2. The van der Waals surface area contributed by atoms with Crippen molar-refractivity contribution in [2.45, 2.75) is 6.92 Å². The largest absolute Gasteiger partial charge is 0.375 e. The molecule has 0 radical (unpaired) electrons. The summed E-state index contributed by atoms with van der Waals surface area (Å²) in [5.74, 6) is 0.114. The van der Waals surface area contributed by atoms with E-state index in [1.165, 1.54) is 0 Å². The Balaban J connectivity index is 2.29. The summed E-state index contributed by atoms with van der Waals surface area (Å²) in [6, 6.07) is 0. The first-order valence-electron chi connectivity index (χ1n) is 3.92. The van der Waals surface area contributed by atoms with E-state index in [4.69, 9.17) is 0 Å². The summed E-state index contributed by atoms with van der Waals surface area (Å²) in [4.78, 5) is 12.7. The number of piperazine rings is 1. The molecule has 0 atom stereocenters. The van der Waals surface area contributed by atoms with Crippen LogP contribution in [0.4, 0.5) is 0 Å². The van der Waals surface area contributed by atoms with Crippen molar-refractivity contribution in [1.29, 1.82) is 0 Å². The maximum absolute atomic E-state index is 10.6. The van der Waals surface area contributed by atoms with Gasteiger partial charge in [-0.25, -0.2) is 0 Å². The van der Waals surface area contributed by atoms with Crippen LogP contribution in [0.2, 0.25) is 0 Å². The highest BCUT2D eigenvalue weighted by Crippen LogP contribution is 1.92. The number of hydrogen-bond donors (Lipinski definition) is 1. The average molecular weight is 154 g/mol. The third kappa shape index (κ3) is 3.18. The van der Waals surface area contributed by atoms with Crippen molar-refractivity contribution in [3.63, 3.8) is 0 Å². The van der Waals surface area contributed by atoms with Crippen LogP contribution in [0.25, 0.3) is 0 Å². The minimum atomic E-state index is 0.114. The second-order valence-corrected chi connectivity index (χ2v) is 2.71. The van der Waals surface area contributed by atoms with E-state index in [1.54, 1.807) is 13.0 Å². The van der Waals surface area contributed by atoms with E-state index in [-0.39, 0.29) is 5.78 Å². The second-order valence-electron chi connectivity index (χ2n) is 2.71. The molecule has 1 heterocycles. The van der Waals surface area contributed by atoms with Crippen LogP contribution < -0.4 is 5.32 Å². The molecule has 0 saturated carbocycles. The van der Waals surface area contributed by atoms with Crippen molar-refractivity contribution < 1.29 is 4.79 Å². The monoisotopic (exact) mass is 154 g/mol. The summed E-state index contributed by atoms with van der Waals surface area (Å²) in [5, 5.41) is 3.24. The molecule has 0 aromatic carbocycles. The van der Waals surface area contributed by atoms with Gasteiger partial charge < -0.3 is 10.2 Å². The highest BCUT2D eigenvalue weighted by molar-refractivity contribution is 5.87. The maximum atomic E-state index is 10.6. The number of carbonyl (C=O) groups excluding carboxylic acids is 1. The molecule has 1 N–H and O–H groups in total. The third-order valence-corrected chi connectivity index (χ3v) is 1.67. The van der Waals surface area contributed by atoms with Crippen LogP contribution in [0.3, 0.4) is 0 Å². The van der Waals surface area contributed by atoms with E-state index in [1.807, 2.05) is 6.20 Å². The highest BCUT2D eigenvalue weighted by Gasteiger charge is 2.03. The fourth-order valence-electron chi connectivity index (χ4n) is 1.04. The molecule has 62 valence electrons. The van der Waals surface area contributed by atoms with Gasteiger partial charge in [0.25, 0.3) is 0 Å². The van der Waals surface area contributed by atoms with E-state index in [9.17, 15) is 4.79 Å². The van der Waals surface area contributed by atoms with E-state index in [0.29, 0.717) is 0 Å². The topological polar surface area (TPSA) is 32.3 Å². The second kappa shape index (κ2) is 4.13. The minimum Gasteiger partial charge on any atom is -0.375 e. The van der Waals surface area contributed by atoms with Gasteiger partial charge in [-0.15, -0.1) is 0 Å². The zero-order valence-electron chi connectivity index (χ0n) is 6.84. The number of nitrogens with zero attached hydrogens (tertiary/aromatic N) is 1. The molecule has 0 amide bonds. The van der Waals surface area contributed by atoms with Crippen molar-refractivity contribution in [1.82, 2.24) is 10.2 Å². The summed E-state index contributed by atoms with van der Waals surface area (Å²) in [7, 11) is 0. The standard InChI is InChI=1S/C8H14N2O/c1-8(11)2-5-10-6-3-9-4-7-10/h2,5,9H,3-4,6-7H2,1H3. The lowest BCUT2D eigenvalue weighted by molar-refractivity contribution is -0.112. The lowest BCUT2D eigenvalue weighted by Gasteiger charge is -2.25. The summed E-state index contributed by atoms with van der Waals surface area (Å²) >= 11 is 0. The molecule has 0 aromatic rings. The lowest BCUT2D eigenvalue weighted by Crippen LogP contribution is -2.40. The number of ketones is 1. The van der Waals surface area contributed by atoms with Crippen molar-refractivity contribution in [2.24, 2.45) is 0 Å². The molecule has 0 bridgehead atoms. The minimum absolute atomic E-state index is 0.114. The van der Waals surface area contributed by atoms with Gasteiger partial charge in [0.15, 0.2) is 5.78 Å². The van der Waals surface area contributed by atoms with Crippen LogP contribution in [-0.4, -0.2) is 36.9 Å². The van der Waals surface area contributed by atoms with Crippen molar-refractivity contribution in [3.8, 4) is 0 Å². The molecule has 0 aliphatic carbocycles. The fourth-order valence-corrected chi connectivity index (χ4v) is 1.04. The molecule has 3 nitrogen and oxygen atoms in total. The first-order chi connectivity index (χ1) is 5.29. The summed E-state index contributed by atoms with van der Waals surface area (Å²) in [6.45, 7) is 5.61. The van der Waals surface area contributed by atoms with Crippen LogP contribution in [0.5, 0.6) is 0 Å². The van der Waals surface area contributed by atoms with Gasteiger partial charge in [-0.05, 0) is 13.0 Å². The van der Waals surface area contributed by atoms with Gasteiger partial charge in [-0.3, -0.25) is 4.79 Å². The van der Waals surface area contributed by atoms with Crippen LogP contribution in [0.1, 0.15) is 6.92 Å². The SMILES string of the molecule is CC(=O)C=CN1CCNCC1. The molecule has 1 aliphatic rings. The van der Waals surface area contributed by atoms with Gasteiger partial charge in [0.1, 0.15) is 0 Å². The Hall–Kier alpha value is -0.830. The van der Waals surface area contributed by atoms with Gasteiger partial charge in [0, 0.05) is 32.4 Å². The van der Waals surface area contributed by atoms with E-state index < -0.39 is 0 Å². The molecule has 1 rings (SSSR count). The fraction of sp³-hybridized carbons (Fsp3) is 0.625. The summed E-state index contributed by atoms with van der Waals surface area (Å²) in [6.07, 6.45) is 3.49. The molecule has 3 heteroatoms. The predicted octanol–water partition coefficient (Wildman–Crippen LogP) is -0.00570. The highest BCUT2D eigenvalue weighted by atomic mass is 16.1. The maximum Gasteiger partial charge on any atom is 0.154 e. The Morgan fingerprint density at radius 2 is 2.09 bits per heavy atom. The van der Waals surface area contributed by atoms with Gasteiger partial charge in [-0.1, -0.05) is 0 Å². The van der Waals surface area contributed by atoms with Crippen LogP contribution >= 0.6 is 0 Å². The predicted molar refractivity (Wildman–Crippen MR) is 44.3 cm³/mol. The lowest BCUT2D eigenvalue weighted by atomic mass is 10.3. The molecule has 0 spiro atoms. The number of allylic oxidation sites excluding steroid dienone is 1. The zero-order valence-corrected chi connectivity index (χ0v) is 6.84. The molecule has 1 saturated heterocycles. The van der Waals surface area contributed by atoms with E-state index in [2.05, 4.69) is 10.2 Å². The average Bonchev–Trinajstić information content (AvgIpc) is 2.03. The van der Waals surface area contributed by atoms with Crippen LogP contribution in [-0.2, 0) is 4.79 Å². The normalized spacial score (nSPS) is 19.2. The van der Waals surface area contributed by atoms with Crippen molar-refractivity contribution >= 4 is 5.78 Å². The van der Waals surface area contributed by atoms with Gasteiger partial charge in [-0.2, -0.15) is 0 Å². The van der Waals surface area contributed by atoms with E-state index >= 15 is 0 Å². The Morgan fingerprint density at radius 1 is 1.45 bits per heavy atom. The number of carbonyl (C=O) groups is 1. The Kier molecular flexibility index (Phi) is 3.11. The molecular weight excluding hydrogens is 140 g/mol. The molecule has 0 aromatic heterocycles. The van der Waals surface area contributed by atoms with Crippen molar-refractivity contribution in [2.75, 3.05) is 26.2 Å². The first kappa shape index (κ1) is 8.27. The zero-order chi connectivity index (χ0) is 8.10. The summed E-state index contributed by atoms with van der Waals surface area (Å²) in [5.41, 5.74) is 0. The first-order valence-corrected chi connectivity index (χ1v) is 3.92. The Bertz CT molecular complexity index is 159. The van der Waals surface area contributed by atoms with Gasteiger partial charge in [0.05, 0.1) is 0 Å². The summed E-state index contributed by atoms with van der Waals surface area (Å²) < 4.78 is 0. The molecule has 0 unspecified atom stereocenters. The van der Waals surface area contributed by atoms with Crippen molar-refractivity contribution in [3.05, 3.63) is 12.3 Å². The molecule has 11 heavy (non-hydrogen) atoms. The van der Waals surface area contributed by atoms with Crippen LogP contribution in [0.15, 0.2) is 12.3 Å². The quantitative estimate of drug-likeness (QED) is 0.568. The van der Waals surface area contributed by atoms with Gasteiger partial charge >= 0.3 is 0 Å². The number of nitrogens with one attached hydrogen (secondary N) is 1. The van der Waals surface area contributed by atoms with Crippen LogP contribution in [0, 0.1) is 0 Å². The molecule has 1 aliphatic heterocycles. The molecule has 1 fully saturated rings. The smallest absolute Gasteiger partial charge is 0.154 e. The van der Waals surface area contributed by atoms with Gasteiger partial charge in [0.2, 0.25) is 0 Å². The Labute approximate surface area is 67.1 Å². The third-order valence-electron chi connectivity index (χ3n) is 1.67.